The molecule has 3 aromatic carbocycles. The Kier molecular flexibility index (Phi) is 5.11. The summed E-state index contributed by atoms with van der Waals surface area (Å²) in [4.78, 5) is 24.3. The molecular weight excluding hydrogens is 380 g/mol. The van der Waals surface area contributed by atoms with Gasteiger partial charge in [0.1, 0.15) is 17.1 Å². The first-order chi connectivity index (χ1) is 14.5. The number of fused-ring (bicyclic) bond motifs is 1. The molecule has 0 N–H and O–H groups in total. The molecule has 0 aliphatic rings. The number of hydrogen-bond donors (Lipinski definition) is 0. The molecule has 0 atom stereocenters. The topological polar surface area (TPSA) is 65.7 Å². The summed E-state index contributed by atoms with van der Waals surface area (Å²) < 4.78 is 16.1. The second-order valence-corrected chi connectivity index (χ2v) is 6.99. The van der Waals surface area contributed by atoms with Crippen molar-refractivity contribution in [3.63, 3.8) is 0 Å². The van der Waals surface area contributed by atoms with Crippen LogP contribution in [0, 0.1) is 6.92 Å². The van der Waals surface area contributed by atoms with Crippen molar-refractivity contribution in [2.24, 2.45) is 0 Å². The van der Waals surface area contributed by atoms with Gasteiger partial charge in [0, 0.05) is 23.9 Å². The van der Waals surface area contributed by atoms with E-state index < -0.39 is 5.63 Å². The third-order valence-corrected chi connectivity index (χ3v) is 4.83. The van der Waals surface area contributed by atoms with Gasteiger partial charge in [0.2, 0.25) is 0 Å². The summed E-state index contributed by atoms with van der Waals surface area (Å²) in [5, 5.41) is 0.784. The highest BCUT2D eigenvalue weighted by Gasteiger charge is 2.19. The lowest BCUT2D eigenvalue weighted by Gasteiger charge is -2.14. The molecule has 4 aromatic rings. The van der Waals surface area contributed by atoms with Crippen molar-refractivity contribution < 1.29 is 18.7 Å². The molecule has 5 heteroatoms. The highest BCUT2D eigenvalue weighted by atomic mass is 16.5. The number of carbonyl (C=O) groups is 1. The van der Waals surface area contributed by atoms with Crippen molar-refractivity contribution in [2.75, 3.05) is 7.11 Å². The van der Waals surface area contributed by atoms with Crippen LogP contribution < -0.4 is 15.1 Å². The van der Waals surface area contributed by atoms with Gasteiger partial charge in [-0.2, -0.15) is 0 Å². The monoisotopic (exact) mass is 400 g/mol. The summed E-state index contributed by atoms with van der Waals surface area (Å²) in [5.41, 5.74) is 3.87. The average molecular weight is 400 g/mol. The van der Waals surface area contributed by atoms with Crippen molar-refractivity contribution >= 4 is 16.9 Å². The molecule has 0 radical (unpaired) electrons. The third kappa shape index (κ3) is 3.70. The number of ether oxygens (including phenoxy) is 2. The first kappa shape index (κ1) is 19.5. The molecule has 0 amide bonds. The van der Waals surface area contributed by atoms with Crippen molar-refractivity contribution in [1.82, 2.24) is 0 Å². The summed E-state index contributed by atoms with van der Waals surface area (Å²) in [6, 6.07) is 20.2. The minimum absolute atomic E-state index is 0.388. The van der Waals surface area contributed by atoms with Gasteiger partial charge in [0.25, 0.3) is 0 Å². The Morgan fingerprint density at radius 1 is 0.867 bits per heavy atom. The maximum absolute atomic E-state index is 13.1. The Labute approximate surface area is 173 Å². The van der Waals surface area contributed by atoms with E-state index in [1.54, 1.807) is 25.3 Å². The molecule has 0 spiro atoms. The normalized spacial score (nSPS) is 10.8. The van der Waals surface area contributed by atoms with Gasteiger partial charge in [-0.25, -0.2) is 4.79 Å². The molecule has 0 saturated carbocycles. The molecule has 150 valence electrons. The van der Waals surface area contributed by atoms with Crippen molar-refractivity contribution in [3.8, 4) is 33.8 Å². The zero-order valence-electron chi connectivity index (χ0n) is 16.9. The van der Waals surface area contributed by atoms with E-state index in [4.69, 9.17) is 13.9 Å². The first-order valence-electron chi connectivity index (χ1n) is 9.47. The Balaban J connectivity index is 2.02. The van der Waals surface area contributed by atoms with Gasteiger partial charge in [-0.3, -0.25) is 4.79 Å². The fourth-order valence-electron chi connectivity index (χ4n) is 3.53. The highest BCUT2D eigenvalue weighted by molar-refractivity contribution is 6.01. The Morgan fingerprint density at radius 3 is 2.27 bits per heavy atom. The highest BCUT2D eigenvalue weighted by Crippen LogP contribution is 2.37. The van der Waals surface area contributed by atoms with Crippen LogP contribution in [-0.4, -0.2) is 13.1 Å². The van der Waals surface area contributed by atoms with Crippen molar-refractivity contribution in [3.05, 3.63) is 82.7 Å². The van der Waals surface area contributed by atoms with Crippen LogP contribution in [0.2, 0.25) is 0 Å². The lowest BCUT2D eigenvalue weighted by Crippen LogP contribution is -2.06. The van der Waals surface area contributed by atoms with Crippen LogP contribution in [0.3, 0.4) is 0 Å². The van der Waals surface area contributed by atoms with Gasteiger partial charge in [-0.05, 0) is 42.3 Å². The summed E-state index contributed by atoms with van der Waals surface area (Å²) in [6.45, 7) is 3.33. The Morgan fingerprint density at radius 2 is 1.60 bits per heavy atom. The quantitative estimate of drug-likeness (QED) is 0.262. The molecule has 0 aliphatic heterocycles. The lowest BCUT2D eigenvalue weighted by molar-refractivity contribution is -0.131. The zero-order valence-corrected chi connectivity index (χ0v) is 16.9. The van der Waals surface area contributed by atoms with Crippen LogP contribution in [0.1, 0.15) is 12.5 Å². The van der Waals surface area contributed by atoms with Crippen LogP contribution in [0.15, 0.2) is 75.9 Å². The second-order valence-electron chi connectivity index (χ2n) is 6.99. The van der Waals surface area contributed by atoms with Gasteiger partial charge in [-0.1, -0.05) is 42.0 Å². The summed E-state index contributed by atoms with van der Waals surface area (Å²) in [6.07, 6.45) is 0. The third-order valence-electron chi connectivity index (χ3n) is 4.83. The molecule has 0 fully saturated rings. The molecule has 0 saturated heterocycles. The predicted molar refractivity (Wildman–Crippen MR) is 116 cm³/mol. The summed E-state index contributed by atoms with van der Waals surface area (Å²) in [5.74, 6) is 0.656. The fraction of sp³-hybridized carbons (Fsp3) is 0.120. The molecule has 0 aliphatic carbocycles. The number of aryl methyl sites for hydroxylation is 1. The summed E-state index contributed by atoms with van der Waals surface area (Å²) >= 11 is 0. The minimum Gasteiger partial charge on any atom is -0.497 e. The van der Waals surface area contributed by atoms with Crippen LogP contribution in [0.25, 0.3) is 33.2 Å². The number of esters is 1. The van der Waals surface area contributed by atoms with Crippen LogP contribution in [0.5, 0.6) is 11.5 Å². The van der Waals surface area contributed by atoms with E-state index in [0.29, 0.717) is 22.6 Å². The number of hydrogen-bond acceptors (Lipinski definition) is 5. The lowest BCUT2D eigenvalue weighted by atomic mass is 9.92. The number of benzene rings is 3. The Bertz CT molecular complexity index is 1300. The van der Waals surface area contributed by atoms with Crippen molar-refractivity contribution in [2.45, 2.75) is 13.8 Å². The predicted octanol–water partition coefficient (Wildman–Crippen LogP) is 5.37. The molecule has 0 unspecified atom stereocenters. The van der Waals surface area contributed by atoms with Gasteiger partial charge in [-0.15, -0.1) is 0 Å². The molecule has 1 aromatic heterocycles. The van der Waals surface area contributed by atoms with E-state index in [2.05, 4.69) is 0 Å². The largest absolute Gasteiger partial charge is 0.497 e. The van der Waals surface area contributed by atoms with E-state index >= 15 is 0 Å². The van der Waals surface area contributed by atoms with Gasteiger partial charge < -0.3 is 13.9 Å². The molecule has 1 heterocycles. The van der Waals surface area contributed by atoms with Crippen LogP contribution in [-0.2, 0) is 4.79 Å². The molecule has 30 heavy (non-hydrogen) atoms. The minimum atomic E-state index is -0.430. The van der Waals surface area contributed by atoms with E-state index in [1.165, 1.54) is 6.92 Å². The SMILES string of the molecule is COc1ccc2c(-c3ccc(OC(C)=O)cc3)c(-c3cccc(C)c3)c(=O)oc2c1. The van der Waals surface area contributed by atoms with Gasteiger partial charge in [0.15, 0.2) is 0 Å². The van der Waals surface area contributed by atoms with Crippen LogP contribution in [0.4, 0.5) is 0 Å². The summed E-state index contributed by atoms with van der Waals surface area (Å²) in [7, 11) is 1.56. The maximum atomic E-state index is 13.1. The van der Waals surface area contributed by atoms with E-state index in [1.807, 2.05) is 55.5 Å². The molecule has 0 bridgehead atoms. The standard InChI is InChI=1S/C25H20O5/c1-15-5-4-6-18(13-15)24-23(17-7-9-19(10-8-17)29-16(2)26)21-12-11-20(28-3)14-22(21)30-25(24)27/h4-14H,1-3H3. The number of rotatable bonds is 4. The van der Waals surface area contributed by atoms with Crippen LogP contribution >= 0.6 is 0 Å². The number of methoxy groups -OCH3 is 1. The second kappa shape index (κ2) is 7.87. The van der Waals surface area contributed by atoms with E-state index in [-0.39, 0.29) is 5.97 Å². The molecule has 4 rings (SSSR count). The maximum Gasteiger partial charge on any atom is 0.344 e. The van der Waals surface area contributed by atoms with Crippen molar-refractivity contribution in [1.29, 1.82) is 0 Å². The van der Waals surface area contributed by atoms with Gasteiger partial charge in [0.05, 0.1) is 12.7 Å². The van der Waals surface area contributed by atoms with E-state index in [0.717, 1.165) is 27.6 Å². The molecule has 5 nitrogen and oxygen atoms in total. The van der Waals surface area contributed by atoms with E-state index in [9.17, 15) is 9.59 Å². The number of carbonyl (C=O) groups excluding carboxylic acids is 1. The average Bonchev–Trinajstić information content (AvgIpc) is 2.72. The Hall–Kier alpha value is -3.86. The first-order valence-corrected chi connectivity index (χ1v) is 9.47. The van der Waals surface area contributed by atoms with Gasteiger partial charge >= 0.3 is 11.6 Å². The smallest absolute Gasteiger partial charge is 0.344 e. The molecular formula is C25H20O5. The fourth-order valence-corrected chi connectivity index (χ4v) is 3.53. The zero-order chi connectivity index (χ0) is 21.3.